The standard InChI is InChI=1S/C19H27NO5/c1-3-5-6-7-8-9-15-25-19(22,14-4-2)18(21)16-10-12-17(13-11-16)20(23)24/h4,10-14,22H,3,5-9,15H2,1-2H3. The van der Waals surface area contributed by atoms with Gasteiger partial charge >= 0.3 is 0 Å². The average Bonchev–Trinajstić information content (AvgIpc) is 2.60. The molecule has 25 heavy (non-hydrogen) atoms. The molecule has 0 radical (unpaired) electrons. The highest BCUT2D eigenvalue weighted by molar-refractivity contribution is 6.02. The number of ketones is 1. The third-order valence-corrected chi connectivity index (χ3v) is 3.88. The number of aliphatic hydroxyl groups is 1. The van der Waals surface area contributed by atoms with Crippen molar-refractivity contribution < 1.29 is 19.6 Å². The normalized spacial score (nSPS) is 13.7. The van der Waals surface area contributed by atoms with E-state index in [9.17, 15) is 20.0 Å². The van der Waals surface area contributed by atoms with E-state index in [-0.39, 0.29) is 17.9 Å². The van der Waals surface area contributed by atoms with Crippen LogP contribution in [0.3, 0.4) is 0 Å². The smallest absolute Gasteiger partial charge is 0.269 e. The molecule has 0 aromatic heterocycles. The first-order valence-corrected chi connectivity index (χ1v) is 8.74. The molecule has 1 unspecified atom stereocenters. The zero-order valence-corrected chi connectivity index (χ0v) is 14.9. The molecule has 1 N–H and O–H groups in total. The fraction of sp³-hybridized carbons (Fsp3) is 0.526. The molecule has 1 rings (SSSR count). The summed E-state index contributed by atoms with van der Waals surface area (Å²) in [5, 5.41) is 21.2. The first-order valence-electron chi connectivity index (χ1n) is 8.74. The lowest BCUT2D eigenvalue weighted by Gasteiger charge is -2.23. The summed E-state index contributed by atoms with van der Waals surface area (Å²) in [6.45, 7) is 4.11. The third kappa shape index (κ3) is 6.76. The molecule has 0 saturated carbocycles. The number of nitro benzene ring substituents is 1. The van der Waals surface area contributed by atoms with Crippen LogP contribution in [-0.2, 0) is 4.74 Å². The van der Waals surface area contributed by atoms with Gasteiger partial charge in [0, 0.05) is 17.7 Å². The SMILES string of the molecule is CC=CC(O)(OCCCCCCCC)C(=O)c1ccc([N+](=O)[O-])cc1. The van der Waals surface area contributed by atoms with E-state index in [0.717, 1.165) is 19.3 Å². The number of allylic oxidation sites excluding steroid dienone is 1. The molecule has 0 spiro atoms. The van der Waals surface area contributed by atoms with Crippen molar-refractivity contribution in [1.82, 2.24) is 0 Å². The second-order valence-corrected chi connectivity index (χ2v) is 5.95. The fourth-order valence-corrected chi connectivity index (χ4v) is 2.47. The van der Waals surface area contributed by atoms with Gasteiger partial charge in [-0.25, -0.2) is 0 Å². The molecule has 0 heterocycles. The molecular formula is C19H27NO5. The topological polar surface area (TPSA) is 89.7 Å². The van der Waals surface area contributed by atoms with Crippen LogP contribution in [0.4, 0.5) is 5.69 Å². The Balaban J connectivity index is 2.66. The number of rotatable bonds is 12. The van der Waals surface area contributed by atoms with Crippen LogP contribution in [0.15, 0.2) is 36.4 Å². The van der Waals surface area contributed by atoms with E-state index in [2.05, 4.69) is 6.92 Å². The van der Waals surface area contributed by atoms with Crippen molar-refractivity contribution >= 4 is 11.5 Å². The third-order valence-electron chi connectivity index (χ3n) is 3.88. The van der Waals surface area contributed by atoms with Crippen molar-refractivity contribution in [2.45, 2.75) is 58.2 Å². The van der Waals surface area contributed by atoms with Crippen LogP contribution in [0.1, 0.15) is 62.7 Å². The van der Waals surface area contributed by atoms with Gasteiger partial charge in [0.15, 0.2) is 0 Å². The number of nitro groups is 1. The summed E-state index contributed by atoms with van der Waals surface area (Å²) in [6.07, 6.45) is 9.27. The van der Waals surface area contributed by atoms with Gasteiger partial charge in [-0.3, -0.25) is 14.9 Å². The predicted octanol–water partition coefficient (Wildman–Crippen LogP) is 4.42. The Bertz CT molecular complexity index is 582. The van der Waals surface area contributed by atoms with Gasteiger partial charge in [0.1, 0.15) is 0 Å². The van der Waals surface area contributed by atoms with Crippen molar-refractivity contribution in [1.29, 1.82) is 0 Å². The zero-order chi connectivity index (χ0) is 18.7. The quantitative estimate of drug-likeness (QED) is 0.151. The summed E-state index contributed by atoms with van der Waals surface area (Å²) in [7, 11) is 0. The molecule has 1 aromatic carbocycles. The molecule has 0 fully saturated rings. The summed E-state index contributed by atoms with van der Waals surface area (Å²) in [6, 6.07) is 5.11. The lowest BCUT2D eigenvalue weighted by atomic mass is 10.0. The lowest BCUT2D eigenvalue weighted by molar-refractivity contribution is -0.384. The highest BCUT2D eigenvalue weighted by Gasteiger charge is 2.35. The molecule has 0 bridgehead atoms. The monoisotopic (exact) mass is 349 g/mol. The van der Waals surface area contributed by atoms with Gasteiger partial charge in [0.25, 0.3) is 11.5 Å². The molecule has 1 aromatic rings. The molecule has 0 saturated heterocycles. The number of Topliss-reactive ketones (excluding diaryl/α,β-unsaturated/α-hetero) is 1. The van der Waals surface area contributed by atoms with Crippen LogP contribution in [0.2, 0.25) is 0 Å². The van der Waals surface area contributed by atoms with E-state index in [1.54, 1.807) is 13.0 Å². The number of carbonyl (C=O) groups is 1. The first kappa shape index (κ1) is 21.0. The van der Waals surface area contributed by atoms with Gasteiger partial charge in [0.05, 0.1) is 11.5 Å². The predicted molar refractivity (Wildman–Crippen MR) is 96.5 cm³/mol. The van der Waals surface area contributed by atoms with E-state index in [1.807, 2.05) is 0 Å². The second kappa shape index (κ2) is 10.7. The van der Waals surface area contributed by atoms with E-state index >= 15 is 0 Å². The fourth-order valence-electron chi connectivity index (χ4n) is 2.47. The molecule has 0 aliphatic carbocycles. The summed E-state index contributed by atoms with van der Waals surface area (Å²) in [4.78, 5) is 22.7. The molecular weight excluding hydrogens is 322 g/mol. The minimum atomic E-state index is -2.05. The highest BCUT2D eigenvalue weighted by Crippen LogP contribution is 2.21. The Morgan fingerprint density at radius 1 is 1.20 bits per heavy atom. The van der Waals surface area contributed by atoms with Crippen molar-refractivity contribution in [3.63, 3.8) is 0 Å². The summed E-state index contributed by atoms with van der Waals surface area (Å²) in [5.41, 5.74) is 0.0493. The number of hydrogen-bond donors (Lipinski definition) is 1. The number of carbonyl (C=O) groups excluding carboxylic acids is 1. The van der Waals surface area contributed by atoms with Gasteiger partial charge < -0.3 is 9.84 Å². The largest absolute Gasteiger partial charge is 0.356 e. The van der Waals surface area contributed by atoms with Gasteiger partial charge in [-0.15, -0.1) is 0 Å². The van der Waals surface area contributed by atoms with Crippen LogP contribution < -0.4 is 0 Å². The maximum absolute atomic E-state index is 12.5. The average molecular weight is 349 g/mol. The maximum atomic E-state index is 12.5. The second-order valence-electron chi connectivity index (χ2n) is 5.95. The van der Waals surface area contributed by atoms with E-state index < -0.39 is 16.5 Å². The number of non-ortho nitro benzene ring substituents is 1. The van der Waals surface area contributed by atoms with Crippen LogP contribution in [0.5, 0.6) is 0 Å². The molecule has 0 amide bonds. The summed E-state index contributed by atoms with van der Waals surface area (Å²) in [5.74, 6) is -2.68. The van der Waals surface area contributed by atoms with Crippen LogP contribution >= 0.6 is 0 Å². The Morgan fingerprint density at radius 3 is 2.36 bits per heavy atom. The van der Waals surface area contributed by atoms with E-state index in [1.165, 1.54) is 49.6 Å². The molecule has 6 nitrogen and oxygen atoms in total. The van der Waals surface area contributed by atoms with Gasteiger partial charge in [0.2, 0.25) is 5.78 Å². The molecule has 6 heteroatoms. The maximum Gasteiger partial charge on any atom is 0.269 e. The minimum absolute atomic E-state index is 0.112. The number of ether oxygens (including phenoxy) is 1. The van der Waals surface area contributed by atoms with Crippen LogP contribution in [-0.4, -0.2) is 28.2 Å². The number of nitrogens with zero attached hydrogens (tertiary/aromatic N) is 1. The Kier molecular flexibility index (Phi) is 9.02. The Labute approximate surface area is 148 Å². The number of benzene rings is 1. The van der Waals surface area contributed by atoms with Crippen LogP contribution in [0.25, 0.3) is 0 Å². The van der Waals surface area contributed by atoms with Crippen molar-refractivity contribution in [3.8, 4) is 0 Å². The van der Waals surface area contributed by atoms with E-state index in [4.69, 9.17) is 4.74 Å². The summed E-state index contributed by atoms with van der Waals surface area (Å²) >= 11 is 0. The van der Waals surface area contributed by atoms with Crippen molar-refractivity contribution in [2.24, 2.45) is 0 Å². The van der Waals surface area contributed by atoms with Crippen molar-refractivity contribution in [2.75, 3.05) is 6.61 Å². The molecule has 138 valence electrons. The van der Waals surface area contributed by atoms with Gasteiger partial charge in [-0.2, -0.15) is 0 Å². The van der Waals surface area contributed by atoms with Crippen LogP contribution in [0, 0.1) is 10.1 Å². The highest BCUT2D eigenvalue weighted by atomic mass is 16.6. The minimum Gasteiger partial charge on any atom is -0.356 e. The van der Waals surface area contributed by atoms with Crippen molar-refractivity contribution in [3.05, 3.63) is 52.1 Å². The van der Waals surface area contributed by atoms with E-state index in [0.29, 0.717) is 0 Å². The molecule has 1 atom stereocenters. The van der Waals surface area contributed by atoms with Gasteiger partial charge in [-0.1, -0.05) is 45.1 Å². The molecule has 0 aliphatic heterocycles. The Hall–Kier alpha value is -2.05. The number of hydrogen-bond acceptors (Lipinski definition) is 5. The molecule has 0 aliphatic rings. The van der Waals surface area contributed by atoms with Gasteiger partial charge in [-0.05, 0) is 31.6 Å². The summed E-state index contributed by atoms with van der Waals surface area (Å²) < 4.78 is 5.46. The Morgan fingerprint density at radius 2 is 1.80 bits per heavy atom. The lowest BCUT2D eigenvalue weighted by Crippen LogP contribution is -2.40. The number of unbranched alkanes of at least 4 members (excludes halogenated alkanes) is 5. The first-order chi connectivity index (χ1) is 11.9. The zero-order valence-electron chi connectivity index (χ0n) is 14.9.